The SMILES string of the molecule is COc1ccc(C(=O)N(CCC(=O)N2CCNCC2)Cc2cccc(Cl)c2)cc1. The average Bonchev–Trinajstić information content (AvgIpc) is 2.76. The molecule has 1 heterocycles. The van der Waals surface area contributed by atoms with E-state index in [2.05, 4.69) is 5.32 Å². The van der Waals surface area contributed by atoms with Gasteiger partial charge in [-0.2, -0.15) is 0 Å². The van der Waals surface area contributed by atoms with Crippen molar-refractivity contribution in [2.24, 2.45) is 0 Å². The number of benzene rings is 2. The number of rotatable bonds is 7. The van der Waals surface area contributed by atoms with Gasteiger partial charge in [-0.15, -0.1) is 0 Å². The molecule has 2 amide bonds. The van der Waals surface area contributed by atoms with Crippen molar-refractivity contribution in [2.75, 3.05) is 39.8 Å². The fraction of sp³-hybridized carbons (Fsp3) is 0.364. The number of hydrogen-bond donors (Lipinski definition) is 1. The lowest BCUT2D eigenvalue weighted by molar-refractivity contribution is -0.132. The van der Waals surface area contributed by atoms with Crippen LogP contribution in [-0.2, 0) is 11.3 Å². The van der Waals surface area contributed by atoms with Gasteiger partial charge in [0.2, 0.25) is 5.91 Å². The summed E-state index contributed by atoms with van der Waals surface area (Å²) in [6.07, 6.45) is 0.294. The number of piperazine rings is 1. The number of carbonyl (C=O) groups excluding carboxylic acids is 2. The fourth-order valence-electron chi connectivity index (χ4n) is 3.33. The van der Waals surface area contributed by atoms with Gasteiger partial charge in [0, 0.05) is 56.3 Å². The van der Waals surface area contributed by atoms with Crippen LogP contribution in [0.1, 0.15) is 22.3 Å². The number of carbonyl (C=O) groups is 2. The zero-order valence-electron chi connectivity index (χ0n) is 16.6. The third-order valence-corrected chi connectivity index (χ3v) is 5.19. The van der Waals surface area contributed by atoms with E-state index >= 15 is 0 Å². The summed E-state index contributed by atoms with van der Waals surface area (Å²) in [6, 6.07) is 14.4. The van der Waals surface area contributed by atoms with E-state index in [0.717, 1.165) is 18.7 Å². The van der Waals surface area contributed by atoms with Crippen LogP contribution >= 0.6 is 11.6 Å². The van der Waals surface area contributed by atoms with Crippen molar-refractivity contribution >= 4 is 23.4 Å². The second-order valence-corrected chi connectivity index (χ2v) is 7.40. The number of amides is 2. The Labute approximate surface area is 176 Å². The van der Waals surface area contributed by atoms with E-state index in [1.165, 1.54) is 0 Å². The molecule has 0 saturated carbocycles. The summed E-state index contributed by atoms with van der Waals surface area (Å²) in [5.41, 5.74) is 1.48. The molecule has 0 aliphatic carbocycles. The number of methoxy groups -OCH3 is 1. The van der Waals surface area contributed by atoms with Gasteiger partial charge in [-0.1, -0.05) is 23.7 Å². The molecule has 1 aliphatic heterocycles. The summed E-state index contributed by atoms with van der Waals surface area (Å²) in [7, 11) is 1.59. The minimum atomic E-state index is -0.124. The van der Waals surface area contributed by atoms with Gasteiger partial charge < -0.3 is 19.9 Å². The van der Waals surface area contributed by atoms with Gasteiger partial charge >= 0.3 is 0 Å². The molecule has 0 atom stereocenters. The molecule has 1 N–H and O–H groups in total. The predicted octanol–water partition coefficient (Wildman–Crippen LogP) is 2.81. The summed E-state index contributed by atoms with van der Waals surface area (Å²) < 4.78 is 5.17. The minimum Gasteiger partial charge on any atom is -0.497 e. The quantitative estimate of drug-likeness (QED) is 0.755. The van der Waals surface area contributed by atoms with Crippen LogP contribution in [0, 0.1) is 0 Å². The lowest BCUT2D eigenvalue weighted by Crippen LogP contribution is -2.47. The monoisotopic (exact) mass is 415 g/mol. The average molecular weight is 416 g/mol. The van der Waals surface area contributed by atoms with Gasteiger partial charge in [-0.3, -0.25) is 9.59 Å². The molecule has 1 fully saturated rings. The molecule has 7 heteroatoms. The molecule has 1 aliphatic rings. The first-order valence-electron chi connectivity index (χ1n) is 9.73. The molecule has 29 heavy (non-hydrogen) atoms. The lowest BCUT2D eigenvalue weighted by Gasteiger charge is -2.29. The highest BCUT2D eigenvalue weighted by Gasteiger charge is 2.21. The van der Waals surface area contributed by atoms with Crippen LogP contribution < -0.4 is 10.1 Å². The molecule has 2 aromatic rings. The first-order chi connectivity index (χ1) is 14.1. The van der Waals surface area contributed by atoms with Gasteiger partial charge in [0.1, 0.15) is 5.75 Å². The normalized spacial score (nSPS) is 13.8. The van der Waals surface area contributed by atoms with Crippen molar-refractivity contribution in [1.29, 1.82) is 0 Å². The smallest absolute Gasteiger partial charge is 0.254 e. The van der Waals surface area contributed by atoms with E-state index in [1.54, 1.807) is 42.3 Å². The molecule has 0 spiro atoms. The van der Waals surface area contributed by atoms with Crippen molar-refractivity contribution in [2.45, 2.75) is 13.0 Å². The predicted molar refractivity (Wildman–Crippen MR) is 113 cm³/mol. The third-order valence-electron chi connectivity index (χ3n) is 4.95. The number of nitrogens with zero attached hydrogens (tertiary/aromatic N) is 2. The standard InChI is InChI=1S/C22H26ClN3O3/c1-29-20-7-5-18(6-8-20)22(28)26(16-17-3-2-4-19(23)15-17)12-9-21(27)25-13-10-24-11-14-25/h2-8,15,24H,9-14,16H2,1H3. The summed E-state index contributed by atoms with van der Waals surface area (Å²) >= 11 is 6.10. The highest BCUT2D eigenvalue weighted by Crippen LogP contribution is 2.17. The molecule has 3 rings (SSSR count). The number of ether oxygens (including phenoxy) is 1. The Bertz CT molecular complexity index is 835. The van der Waals surface area contributed by atoms with Crippen LogP contribution in [0.2, 0.25) is 5.02 Å². The molecule has 1 saturated heterocycles. The van der Waals surface area contributed by atoms with Crippen molar-refractivity contribution < 1.29 is 14.3 Å². The second kappa shape index (κ2) is 10.3. The Hall–Kier alpha value is -2.57. The van der Waals surface area contributed by atoms with Crippen LogP contribution in [0.15, 0.2) is 48.5 Å². The summed E-state index contributed by atoms with van der Waals surface area (Å²) in [4.78, 5) is 29.3. The number of halogens is 1. The Morgan fingerprint density at radius 1 is 1.14 bits per heavy atom. The van der Waals surface area contributed by atoms with E-state index < -0.39 is 0 Å². The van der Waals surface area contributed by atoms with Crippen LogP contribution in [-0.4, -0.2) is 61.4 Å². The van der Waals surface area contributed by atoms with Gasteiger partial charge in [0.15, 0.2) is 0 Å². The molecule has 2 aromatic carbocycles. The van der Waals surface area contributed by atoms with Crippen LogP contribution in [0.4, 0.5) is 0 Å². The van der Waals surface area contributed by atoms with Crippen LogP contribution in [0.3, 0.4) is 0 Å². The fourth-order valence-corrected chi connectivity index (χ4v) is 3.54. The molecule has 6 nitrogen and oxygen atoms in total. The maximum atomic E-state index is 13.1. The molecule has 0 bridgehead atoms. The number of hydrogen-bond acceptors (Lipinski definition) is 4. The van der Waals surface area contributed by atoms with Gasteiger partial charge in [-0.25, -0.2) is 0 Å². The van der Waals surface area contributed by atoms with Crippen molar-refractivity contribution in [3.63, 3.8) is 0 Å². The Kier molecular flexibility index (Phi) is 7.49. The zero-order valence-corrected chi connectivity index (χ0v) is 17.3. The van der Waals surface area contributed by atoms with E-state index in [9.17, 15) is 9.59 Å². The van der Waals surface area contributed by atoms with Crippen LogP contribution in [0.25, 0.3) is 0 Å². The molecular weight excluding hydrogens is 390 g/mol. The summed E-state index contributed by atoms with van der Waals surface area (Å²) in [5, 5.41) is 3.86. The highest BCUT2D eigenvalue weighted by atomic mass is 35.5. The minimum absolute atomic E-state index is 0.0742. The topological polar surface area (TPSA) is 61.9 Å². The van der Waals surface area contributed by atoms with Crippen molar-refractivity contribution in [3.8, 4) is 5.75 Å². The Morgan fingerprint density at radius 2 is 1.86 bits per heavy atom. The van der Waals surface area contributed by atoms with Gasteiger partial charge in [0.05, 0.1) is 7.11 Å². The molecule has 0 radical (unpaired) electrons. The first kappa shape index (κ1) is 21.1. The second-order valence-electron chi connectivity index (χ2n) is 6.97. The summed E-state index contributed by atoms with van der Waals surface area (Å²) in [6.45, 7) is 3.77. The van der Waals surface area contributed by atoms with Crippen molar-refractivity contribution in [1.82, 2.24) is 15.1 Å². The molecule has 0 aromatic heterocycles. The van der Waals surface area contributed by atoms with Gasteiger partial charge in [0.25, 0.3) is 5.91 Å². The van der Waals surface area contributed by atoms with Crippen molar-refractivity contribution in [3.05, 3.63) is 64.7 Å². The third kappa shape index (κ3) is 5.95. The van der Waals surface area contributed by atoms with E-state index in [4.69, 9.17) is 16.3 Å². The van der Waals surface area contributed by atoms with Crippen LogP contribution in [0.5, 0.6) is 5.75 Å². The summed E-state index contributed by atoms with van der Waals surface area (Å²) in [5.74, 6) is 0.641. The maximum absolute atomic E-state index is 13.1. The van der Waals surface area contributed by atoms with E-state index in [0.29, 0.717) is 48.9 Å². The van der Waals surface area contributed by atoms with Gasteiger partial charge in [-0.05, 0) is 42.0 Å². The zero-order chi connectivity index (χ0) is 20.6. The van der Waals surface area contributed by atoms with E-state index in [1.807, 2.05) is 23.1 Å². The Balaban J connectivity index is 1.72. The maximum Gasteiger partial charge on any atom is 0.254 e. The largest absolute Gasteiger partial charge is 0.497 e. The molecule has 0 unspecified atom stereocenters. The Morgan fingerprint density at radius 3 is 2.52 bits per heavy atom. The highest BCUT2D eigenvalue weighted by molar-refractivity contribution is 6.30. The first-order valence-corrected chi connectivity index (χ1v) is 10.1. The van der Waals surface area contributed by atoms with E-state index in [-0.39, 0.29) is 11.8 Å². The molecule has 154 valence electrons. The lowest BCUT2D eigenvalue weighted by atomic mass is 10.1. The number of nitrogens with one attached hydrogen (secondary N) is 1. The molecular formula is C22H26ClN3O3.